The number of benzene rings is 1. The van der Waals surface area contributed by atoms with E-state index in [0.29, 0.717) is 6.42 Å². The second-order valence-corrected chi connectivity index (χ2v) is 3.98. The summed E-state index contributed by atoms with van der Waals surface area (Å²) < 4.78 is 4.10. The molecule has 0 aliphatic rings. The van der Waals surface area contributed by atoms with Crippen LogP contribution < -0.4 is 22.1 Å². The Hall–Kier alpha value is -2.77. The van der Waals surface area contributed by atoms with E-state index in [1.165, 1.54) is 0 Å². The van der Waals surface area contributed by atoms with Crippen LogP contribution in [0.3, 0.4) is 0 Å². The van der Waals surface area contributed by atoms with Gasteiger partial charge in [0.1, 0.15) is 0 Å². The normalized spacial score (nSPS) is 11.2. The van der Waals surface area contributed by atoms with Crippen molar-refractivity contribution in [1.29, 1.82) is 0 Å². The summed E-state index contributed by atoms with van der Waals surface area (Å²) in [7, 11) is 0. The SMILES string of the molecule is NC(=O)N[C@@H](CNC(=O)OC(N)=O)Cc1ccccc1. The molecule has 8 heteroatoms. The molecule has 0 saturated carbocycles. The van der Waals surface area contributed by atoms with Gasteiger partial charge in [-0.15, -0.1) is 0 Å². The van der Waals surface area contributed by atoms with Crippen molar-refractivity contribution >= 4 is 18.2 Å². The van der Waals surface area contributed by atoms with Crippen LogP contribution in [0.5, 0.6) is 0 Å². The lowest BCUT2D eigenvalue weighted by Crippen LogP contribution is -2.47. The standard InChI is InChI=1S/C12H16N4O4/c13-10(17)16-9(6-8-4-2-1-3-5-8)7-15-12(19)20-11(14)18/h1-5,9H,6-7H2,(H2,14,18)(H,15,19)(H3,13,16,17)/t9-/m1/s1. The summed E-state index contributed by atoms with van der Waals surface area (Å²) in [5.74, 6) is 0. The van der Waals surface area contributed by atoms with Crippen molar-refractivity contribution in [1.82, 2.24) is 10.6 Å². The van der Waals surface area contributed by atoms with Crippen LogP contribution in [0.1, 0.15) is 5.56 Å². The minimum atomic E-state index is -1.20. The van der Waals surface area contributed by atoms with Crippen molar-refractivity contribution in [2.75, 3.05) is 6.54 Å². The zero-order valence-electron chi connectivity index (χ0n) is 10.7. The Morgan fingerprint density at radius 3 is 2.35 bits per heavy atom. The molecule has 1 rings (SSSR count). The number of ether oxygens (including phenoxy) is 1. The molecule has 0 heterocycles. The highest BCUT2D eigenvalue weighted by atomic mass is 16.6. The lowest BCUT2D eigenvalue weighted by Gasteiger charge is -2.17. The van der Waals surface area contributed by atoms with Gasteiger partial charge in [-0.1, -0.05) is 30.3 Å². The Morgan fingerprint density at radius 1 is 1.15 bits per heavy atom. The number of primary amides is 2. The van der Waals surface area contributed by atoms with Crippen LogP contribution in [0.15, 0.2) is 30.3 Å². The number of carbonyl (C=O) groups excluding carboxylic acids is 3. The van der Waals surface area contributed by atoms with Crippen LogP contribution in [-0.2, 0) is 11.2 Å². The molecule has 0 aliphatic carbocycles. The number of nitrogens with two attached hydrogens (primary N) is 2. The largest absolute Gasteiger partial charge is 0.416 e. The van der Waals surface area contributed by atoms with E-state index in [1.807, 2.05) is 30.3 Å². The van der Waals surface area contributed by atoms with Gasteiger partial charge >= 0.3 is 18.2 Å². The molecule has 0 aliphatic heterocycles. The lowest BCUT2D eigenvalue weighted by molar-refractivity contribution is 0.156. The molecule has 20 heavy (non-hydrogen) atoms. The first kappa shape index (κ1) is 15.3. The van der Waals surface area contributed by atoms with Crippen LogP contribution in [0.4, 0.5) is 14.4 Å². The molecule has 8 nitrogen and oxygen atoms in total. The number of amides is 4. The number of alkyl carbamates (subject to hydrolysis) is 1. The predicted octanol–water partition coefficient (Wildman–Crippen LogP) is 0.0709. The van der Waals surface area contributed by atoms with Crippen LogP contribution in [0, 0.1) is 0 Å². The fourth-order valence-electron chi connectivity index (χ4n) is 1.61. The molecule has 0 aromatic heterocycles. The topological polar surface area (TPSA) is 137 Å². The molecule has 6 N–H and O–H groups in total. The van der Waals surface area contributed by atoms with Gasteiger partial charge in [0.25, 0.3) is 0 Å². The monoisotopic (exact) mass is 280 g/mol. The molecule has 0 bridgehead atoms. The zero-order chi connectivity index (χ0) is 15.0. The van der Waals surface area contributed by atoms with Gasteiger partial charge in [-0.3, -0.25) is 0 Å². The summed E-state index contributed by atoms with van der Waals surface area (Å²) in [5.41, 5.74) is 10.7. The summed E-state index contributed by atoms with van der Waals surface area (Å²) in [6, 6.07) is 8.17. The number of rotatable bonds is 5. The van der Waals surface area contributed by atoms with Crippen LogP contribution >= 0.6 is 0 Å². The summed E-state index contributed by atoms with van der Waals surface area (Å²) in [6.07, 6.45) is -1.73. The second kappa shape index (κ2) is 7.62. The fourth-order valence-corrected chi connectivity index (χ4v) is 1.61. The predicted molar refractivity (Wildman–Crippen MR) is 70.7 cm³/mol. The highest BCUT2D eigenvalue weighted by molar-refractivity contribution is 5.82. The average molecular weight is 280 g/mol. The summed E-state index contributed by atoms with van der Waals surface area (Å²) in [6.45, 7) is 0.0456. The van der Waals surface area contributed by atoms with Crippen molar-refractivity contribution in [2.24, 2.45) is 11.5 Å². The molecular formula is C12H16N4O4. The molecule has 1 atom stereocenters. The van der Waals surface area contributed by atoms with Gasteiger partial charge in [0.2, 0.25) is 0 Å². The Morgan fingerprint density at radius 2 is 1.80 bits per heavy atom. The van der Waals surface area contributed by atoms with Crippen LogP contribution in [0.25, 0.3) is 0 Å². The van der Waals surface area contributed by atoms with Crippen molar-refractivity contribution < 1.29 is 19.1 Å². The molecular weight excluding hydrogens is 264 g/mol. The molecule has 1 aromatic carbocycles. The Balaban J connectivity index is 2.54. The lowest BCUT2D eigenvalue weighted by atomic mass is 10.1. The molecule has 108 valence electrons. The first-order valence-electron chi connectivity index (χ1n) is 5.82. The smallest absolute Gasteiger partial charge is 0.360 e. The second-order valence-electron chi connectivity index (χ2n) is 3.98. The summed E-state index contributed by atoms with van der Waals surface area (Å²) in [4.78, 5) is 32.4. The third-order valence-corrected chi connectivity index (χ3v) is 2.36. The van der Waals surface area contributed by atoms with E-state index in [2.05, 4.69) is 15.4 Å². The summed E-state index contributed by atoms with van der Waals surface area (Å²) in [5, 5.41) is 4.80. The third-order valence-electron chi connectivity index (χ3n) is 2.36. The number of nitrogens with one attached hydrogen (secondary N) is 2. The molecule has 1 aromatic rings. The van der Waals surface area contributed by atoms with Crippen LogP contribution in [0.2, 0.25) is 0 Å². The van der Waals surface area contributed by atoms with Crippen molar-refractivity contribution in [3.8, 4) is 0 Å². The van der Waals surface area contributed by atoms with Crippen LogP contribution in [-0.4, -0.2) is 30.8 Å². The van der Waals surface area contributed by atoms with Crippen molar-refractivity contribution in [3.05, 3.63) is 35.9 Å². The molecule has 0 radical (unpaired) electrons. The van der Waals surface area contributed by atoms with E-state index in [-0.39, 0.29) is 6.54 Å². The molecule has 4 amide bonds. The first-order valence-corrected chi connectivity index (χ1v) is 5.82. The number of carbonyl (C=O) groups is 3. The van der Waals surface area contributed by atoms with E-state index < -0.39 is 24.3 Å². The average Bonchev–Trinajstić information content (AvgIpc) is 2.36. The zero-order valence-corrected chi connectivity index (χ0v) is 10.7. The first-order chi connectivity index (χ1) is 9.47. The minimum Gasteiger partial charge on any atom is -0.360 e. The molecule has 0 spiro atoms. The molecule has 0 unspecified atom stereocenters. The van der Waals surface area contributed by atoms with Gasteiger partial charge in [-0.05, 0) is 12.0 Å². The summed E-state index contributed by atoms with van der Waals surface area (Å²) >= 11 is 0. The number of hydrogen-bond donors (Lipinski definition) is 4. The maximum absolute atomic E-state index is 11.1. The van der Waals surface area contributed by atoms with E-state index in [1.54, 1.807) is 0 Å². The highest BCUT2D eigenvalue weighted by Crippen LogP contribution is 2.02. The van der Waals surface area contributed by atoms with E-state index in [4.69, 9.17) is 11.5 Å². The van der Waals surface area contributed by atoms with Gasteiger partial charge in [-0.2, -0.15) is 0 Å². The molecule has 0 fully saturated rings. The highest BCUT2D eigenvalue weighted by Gasteiger charge is 2.14. The van der Waals surface area contributed by atoms with Gasteiger partial charge < -0.3 is 26.8 Å². The van der Waals surface area contributed by atoms with Gasteiger partial charge in [0.05, 0.1) is 6.04 Å². The van der Waals surface area contributed by atoms with E-state index in [0.717, 1.165) is 5.56 Å². The van der Waals surface area contributed by atoms with Gasteiger partial charge in [0.15, 0.2) is 0 Å². The Labute approximate surface area is 115 Å². The number of urea groups is 1. The Kier molecular flexibility index (Phi) is 5.82. The Bertz CT molecular complexity index is 478. The van der Waals surface area contributed by atoms with Crippen molar-refractivity contribution in [3.63, 3.8) is 0 Å². The van der Waals surface area contributed by atoms with E-state index in [9.17, 15) is 14.4 Å². The quantitative estimate of drug-likeness (QED) is 0.567. The van der Waals surface area contributed by atoms with Gasteiger partial charge in [-0.25, -0.2) is 14.4 Å². The third kappa shape index (κ3) is 6.24. The molecule has 0 saturated heterocycles. The van der Waals surface area contributed by atoms with Crippen molar-refractivity contribution in [2.45, 2.75) is 12.5 Å². The fraction of sp³-hybridized carbons (Fsp3) is 0.250. The minimum absolute atomic E-state index is 0.0456. The maximum Gasteiger partial charge on any atom is 0.416 e. The number of hydrogen-bond acceptors (Lipinski definition) is 4. The maximum atomic E-state index is 11.1. The van der Waals surface area contributed by atoms with E-state index >= 15 is 0 Å². The van der Waals surface area contributed by atoms with Gasteiger partial charge in [0, 0.05) is 6.54 Å².